The van der Waals surface area contributed by atoms with Crippen molar-refractivity contribution in [2.24, 2.45) is 5.92 Å². The SMILES string of the molecule is CCN(CC)CCNC(=O)[C@@H]1CCCN(C(=O)c2nnc(C(=O)Nc3ccc4c(c3)OCO4)s2)C1. The summed E-state index contributed by atoms with van der Waals surface area (Å²) in [5.41, 5.74) is 0.521. The fraction of sp³-hybridized carbons (Fsp3) is 0.522. The smallest absolute Gasteiger partial charge is 0.286 e. The molecule has 188 valence electrons. The van der Waals surface area contributed by atoms with E-state index in [1.54, 1.807) is 23.1 Å². The number of carbonyl (C=O) groups excluding carboxylic acids is 3. The van der Waals surface area contributed by atoms with E-state index in [1.807, 2.05) is 0 Å². The van der Waals surface area contributed by atoms with Crippen LogP contribution >= 0.6 is 11.3 Å². The highest BCUT2D eigenvalue weighted by Gasteiger charge is 2.31. The first kappa shape index (κ1) is 24.9. The Balaban J connectivity index is 1.31. The van der Waals surface area contributed by atoms with Crippen molar-refractivity contribution in [1.82, 2.24) is 25.3 Å². The molecule has 2 aromatic rings. The maximum Gasteiger partial charge on any atom is 0.286 e. The molecule has 0 saturated carbocycles. The molecule has 0 spiro atoms. The second-order valence-electron chi connectivity index (χ2n) is 8.34. The van der Waals surface area contributed by atoms with Crippen LogP contribution in [0.1, 0.15) is 46.3 Å². The Morgan fingerprint density at radius 2 is 1.91 bits per heavy atom. The summed E-state index contributed by atoms with van der Waals surface area (Å²) in [6, 6.07) is 5.06. The molecule has 2 aliphatic heterocycles. The summed E-state index contributed by atoms with van der Waals surface area (Å²) in [7, 11) is 0. The second kappa shape index (κ2) is 11.5. The molecular weight excluding hydrogens is 472 g/mol. The van der Waals surface area contributed by atoms with Crippen LogP contribution in [0.5, 0.6) is 11.5 Å². The summed E-state index contributed by atoms with van der Waals surface area (Å²) in [6.07, 6.45) is 1.47. The second-order valence-corrected chi connectivity index (χ2v) is 9.32. The molecule has 3 amide bonds. The van der Waals surface area contributed by atoms with Crippen LogP contribution in [-0.4, -0.2) is 83.8 Å². The number of fused-ring (bicyclic) bond motifs is 1. The summed E-state index contributed by atoms with van der Waals surface area (Å²) in [6.45, 7) is 8.47. The number of hydrogen-bond acceptors (Lipinski definition) is 9. The minimum absolute atomic E-state index is 0.0317. The van der Waals surface area contributed by atoms with Crippen LogP contribution in [0.15, 0.2) is 18.2 Å². The van der Waals surface area contributed by atoms with E-state index < -0.39 is 5.91 Å². The number of likely N-dealkylation sites (tertiary alicyclic amines) is 1. The third kappa shape index (κ3) is 6.06. The van der Waals surface area contributed by atoms with Crippen LogP contribution < -0.4 is 20.1 Å². The van der Waals surface area contributed by atoms with Gasteiger partial charge in [0, 0.05) is 37.9 Å². The molecule has 11 nitrogen and oxygen atoms in total. The zero-order valence-corrected chi connectivity index (χ0v) is 20.7. The molecule has 12 heteroatoms. The highest BCUT2D eigenvalue weighted by atomic mass is 32.1. The predicted molar refractivity (Wildman–Crippen MR) is 130 cm³/mol. The van der Waals surface area contributed by atoms with E-state index >= 15 is 0 Å². The number of amides is 3. The van der Waals surface area contributed by atoms with Gasteiger partial charge in [-0.3, -0.25) is 14.4 Å². The Labute approximate surface area is 207 Å². The normalized spacial score (nSPS) is 16.9. The number of nitrogens with zero attached hydrogens (tertiary/aromatic N) is 4. The quantitative estimate of drug-likeness (QED) is 0.532. The van der Waals surface area contributed by atoms with Crippen molar-refractivity contribution >= 4 is 34.7 Å². The molecular formula is C23H30N6O5S. The molecule has 2 aliphatic rings. The molecule has 0 radical (unpaired) electrons. The molecule has 0 aliphatic carbocycles. The topological polar surface area (TPSA) is 126 Å². The number of likely N-dealkylation sites (N-methyl/N-ethyl adjacent to an activating group) is 1. The molecule has 1 aromatic carbocycles. The maximum absolute atomic E-state index is 13.0. The van der Waals surface area contributed by atoms with E-state index in [0.29, 0.717) is 36.8 Å². The molecule has 1 atom stereocenters. The molecule has 2 N–H and O–H groups in total. The van der Waals surface area contributed by atoms with Crippen molar-refractivity contribution < 1.29 is 23.9 Å². The van der Waals surface area contributed by atoms with Gasteiger partial charge in [-0.1, -0.05) is 25.2 Å². The molecule has 0 unspecified atom stereocenters. The fourth-order valence-corrected chi connectivity index (χ4v) is 4.80. The van der Waals surface area contributed by atoms with Gasteiger partial charge in [-0.25, -0.2) is 0 Å². The van der Waals surface area contributed by atoms with Crippen molar-refractivity contribution in [3.05, 3.63) is 28.2 Å². The van der Waals surface area contributed by atoms with E-state index in [4.69, 9.17) is 9.47 Å². The number of benzene rings is 1. The Hall–Kier alpha value is -3.25. The molecule has 1 aromatic heterocycles. The van der Waals surface area contributed by atoms with Gasteiger partial charge in [0.25, 0.3) is 11.8 Å². The zero-order valence-electron chi connectivity index (χ0n) is 19.9. The lowest BCUT2D eigenvalue weighted by molar-refractivity contribution is -0.126. The average molecular weight is 503 g/mol. The number of hydrogen-bond donors (Lipinski definition) is 2. The number of ether oxygens (including phenoxy) is 2. The number of carbonyl (C=O) groups is 3. The maximum atomic E-state index is 13.0. The van der Waals surface area contributed by atoms with E-state index in [2.05, 4.69) is 39.6 Å². The minimum atomic E-state index is -0.468. The highest BCUT2D eigenvalue weighted by Crippen LogP contribution is 2.34. The van der Waals surface area contributed by atoms with Crippen molar-refractivity contribution in [3.63, 3.8) is 0 Å². The summed E-state index contributed by atoms with van der Waals surface area (Å²) in [5.74, 6) is 0.0912. The van der Waals surface area contributed by atoms with Crippen molar-refractivity contribution in [3.8, 4) is 11.5 Å². The van der Waals surface area contributed by atoms with E-state index in [1.165, 1.54) is 0 Å². The predicted octanol–water partition coefficient (Wildman–Crippen LogP) is 1.83. The first-order valence-corrected chi connectivity index (χ1v) is 12.6. The number of rotatable bonds is 9. The van der Waals surface area contributed by atoms with Crippen LogP contribution in [0.4, 0.5) is 5.69 Å². The van der Waals surface area contributed by atoms with Crippen molar-refractivity contribution in [2.75, 3.05) is 51.4 Å². The first-order valence-electron chi connectivity index (χ1n) is 11.8. The lowest BCUT2D eigenvalue weighted by Gasteiger charge is -2.31. The Morgan fingerprint density at radius 3 is 2.71 bits per heavy atom. The van der Waals surface area contributed by atoms with Gasteiger partial charge in [0.1, 0.15) is 0 Å². The summed E-state index contributed by atoms with van der Waals surface area (Å²) in [4.78, 5) is 42.1. The average Bonchev–Trinajstić information content (AvgIpc) is 3.56. The molecule has 4 rings (SSSR count). The van der Waals surface area contributed by atoms with Gasteiger partial charge in [0.15, 0.2) is 11.5 Å². The summed E-state index contributed by atoms with van der Waals surface area (Å²) < 4.78 is 10.6. The van der Waals surface area contributed by atoms with Crippen LogP contribution in [-0.2, 0) is 4.79 Å². The van der Waals surface area contributed by atoms with Crippen molar-refractivity contribution in [2.45, 2.75) is 26.7 Å². The van der Waals surface area contributed by atoms with E-state index in [-0.39, 0.29) is 34.5 Å². The Kier molecular flexibility index (Phi) is 8.13. The number of anilines is 1. The van der Waals surface area contributed by atoms with E-state index in [9.17, 15) is 14.4 Å². The van der Waals surface area contributed by atoms with Gasteiger partial charge in [0.2, 0.25) is 22.7 Å². The molecule has 0 bridgehead atoms. The Morgan fingerprint density at radius 1 is 1.14 bits per heavy atom. The fourth-order valence-electron chi connectivity index (χ4n) is 4.09. The van der Waals surface area contributed by atoms with Gasteiger partial charge < -0.3 is 29.9 Å². The summed E-state index contributed by atoms with van der Waals surface area (Å²) in [5, 5.41) is 13.8. The largest absolute Gasteiger partial charge is 0.454 e. The lowest BCUT2D eigenvalue weighted by atomic mass is 9.97. The van der Waals surface area contributed by atoms with Crippen LogP contribution in [0.3, 0.4) is 0 Å². The summed E-state index contributed by atoms with van der Waals surface area (Å²) >= 11 is 0.932. The first-order chi connectivity index (χ1) is 17.0. The number of piperidine rings is 1. The molecule has 1 saturated heterocycles. The monoisotopic (exact) mass is 502 g/mol. The van der Waals surface area contributed by atoms with Crippen molar-refractivity contribution in [1.29, 1.82) is 0 Å². The molecule has 1 fully saturated rings. The van der Waals surface area contributed by atoms with E-state index in [0.717, 1.165) is 43.8 Å². The minimum Gasteiger partial charge on any atom is -0.454 e. The van der Waals surface area contributed by atoms with Gasteiger partial charge >= 0.3 is 0 Å². The number of aromatic nitrogens is 2. The van der Waals surface area contributed by atoms with Gasteiger partial charge in [-0.2, -0.15) is 0 Å². The standard InChI is InChI=1S/C23H30N6O5S/c1-3-28(4-2)11-9-24-19(30)15-6-5-10-29(13-15)23(32)22-27-26-21(35-22)20(31)25-16-7-8-17-18(12-16)34-14-33-17/h7-8,12,15H,3-6,9-11,13-14H2,1-2H3,(H,24,30)(H,25,31)/t15-/m1/s1. The van der Waals surface area contributed by atoms with Crippen LogP contribution in [0.2, 0.25) is 0 Å². The third-order valence-electron chi connectivity index (χ3n) is 6.13. The molecule has 3 heterocycles. The van der Waals surface area contributed by atoms with Gasteiger partial charge in [0.05, 0.1) is 5.92 Å². The highest BCUT2D eigenvalue weighted by molar-refractivity contribution is 7.15. The lowest BCUT2D eigenvalue weighted by Crippen LogP contribution is -2.46. The molecule has 35 heavy (non-hydrogen) atoms. The third-order valence-corrected chi connectivity index (χ3v) is 7.04. The van der Waals surface area contributed by atoms with Gasteiger partial charge in [-0.05, 0) is 38.1 Å². The van der Waals surface area contributed by atoms with Crippen LogP contribution in [0.25, 0.3) is 0 Å². The zero-order chi connectivity index (χ0) is 24.8. The number of nitrogens with one attached hydrogen (secondary N) is 2. The van der Waals surface area contributed by atoms with Crippen LogP contribution in [0, 0.1) is 5.92 Å². The van der Waals surface area contributed by atoms with Gasteiger partial charge in [-0.15, -0.1) is 10.2 Å². The Bertz CT molecular complexity index is 1070.